The molecule has 1 heterocycles. The van der Waals surface area contributed by atoms with Crippen molar-refractivity contribution in [3.63, 3.8) is 0 Å². The van der Waals surface area contributed by atoms with E-state index in [0.717, 1.165) is 0 Å². The molecule has 2 N–H and O–H groups in total. The van der Waals surface area contributed by atoms with Gasteiger partial charge in [0, 0.05) is 6.20 Å². The normalized spacial score (nSPS) is 9.94. The van der Waals surface area contributed by atoms with Crippen molar-refractivity contribution in [1.29, 1.82) is 0 Å². The van der Waals surface area contributed by atoms with Crippen LogP contribution in [0.3, 0.4) is 0 Å². The number of pyridine rings is 1. The fourth-order valence-electron chi connectivity index (χ4n) is 1.34. The number of aromatic carboxylic acids is 1. The lowest BCUT2D eigenvalue weighted by molar-refractivity contribution is 0.0696. The topological polar surface area (TPSA) is 62.2 Å². The highest BCUT2D eigenvalue weighted by Gasteiger charge is 2.05. The van der Waals surface area contributed by atoms with Gasteiger partial charge in [-0.05, 0) is 18.2 Å². The van der Waals surface area contributed by atoms with Crippen molar-refractivity contribution in [3.8, 4) is 0 Å². The van der Waals surface area contributed by atoms with Crippen LogP contribution in [-0.4, -0.2) is 16.1 Å². The van der Waals surface area contributed by atoms with Crippen molar-refractivity contribution < 1.29 is 14.3 Å². The zero-order chi connectivity index (χ0) is 12.3. The number of benzene rings is 1. The van der Waals surface area contributed by atoms with Crippen LogP contribution in [0.2, 0.25) is 0 Å². The lowest BCUT2D eigenvalue weighted by Crippen LogP contribution is -2.00. The Balaban J connectivity index is 2.28. The molecule has 4 nitrogen and oxygen atoms in total. The molecule has 1 aromatic carbocycles. The van der Waals surface area contributed by atoms with Crippen LogP contribution in [0.4, 0.5) is 15.8 Å². The third kappa shape index (κ3) is 2.57. The Morgan fingerprint density at radius 1 is 1.29 bits per heavy atom. The summed E-state index contributed by atoms with van der Waals surface area (Å²) in [7, 11) is 0. The standard InChI is InChI=1S/C12H9FN2O2/c13-10-3-1-2-4-11(10)15-9-5-8(12(16)17)6-14-7-9/h1-7,15H,(H,16,17). The summed E-state index contributed by atoms with van der Waals surface area (Å²) in [5.74, 6) is -1.48. The minimum absolute atomic E-state index is 0.0475. The number of anilines is 2. The molecule has 2 aromatic rings. The maximum Gasteiger partial charge on any atom is 0.337 e. The summed E-state index contributed by atoms with van der Waals surface area (Å²) in [6.45, 7) is 0. The molecule has 0 bridgehead atoms. The molecule has 2 rings (SSSR count). The van der Waals surface area contributed by atoms with Gasteiger partial charge in [-0.25, -0.2) is 9.18 Å². The number of nitrogens with zero attached hydrogens (tertiary/aromatic N) is 1. The van der Waals surface area contributed by atoms with Gasteiger partial charge in [0.25, 0.3) is 0 Å². The summed E-state index contributed by atoms with van der Waals surface area (Å²) >= 11 is 0. The molecule has 0 aliphatic heterocycles. The molecule has 0 spiro atoms. The van der Waals surface area contributed by atoms with E-state index in [1.807, 2.05) is 0 Å². The van der Waals surface area contributed by atoms with Gasteiger partial charge in [-0.1, -0.05) is 12.1 Å². The van der Waals surface area contributed by atoms with Crippen LogP contribution in [0.5, 0.6) is 0 Å². The maximum atomic E-state index is 13.3. The van der Waals surface area contributed by atoms with E-state index < -0.39 is 11.8 Å². The van der Waals surface area contributed by atoms with Gasteiger partial charge < -0.3 is 10.4 Å². The van der Waals surface area contributed by atoms with Crippen molar-refractivity contribution in [2.75, 3.05) is 5.32 Å². The summed E-state index contributed by atoms with van der Waals surface area (Å²) in [6.07, 6.45) is 2.66. The van der Waals surface area contributed by atoms with E-state index in [1.165, 1.54) is 24.5 Å². The molecular weight excluding hydrogens is 223 g/mol. The van der Waals surface area contributed by atoms with Crippen molar-refractivity contribution in [2.24, 2.45) is 0 Å². The number of aromatic nitrogens is 1. The first-order valence-electron chi connectivity index (χ1n) is 4.87. The van der Waals surface area contributed by atoms with Crippen LogP contribution in [0, 0.1) is 5.82 Å². The number of carboxylic acid groups (broad SMARTS) is 1. The number of carboxylic acids is 1. The van der Waals surface area contributed by atoms with Gasteiger partial charge >= 0.3 is 5.97 Å². The minimum atomic E-state index is -1.07. The Bertz CT molecular complexity index is 558. The lowest BCUT2D eigenvalue weighted by Gasteiger charge is -2.07. The summed E-state index contributed by atoms with van der Waals surface area (Å²) in [5, 5.41) is 11.6. The van der Waals surface area contributed by atoms with E-state index in [1.54, 1.807) is 18.2 Å². The first-order chi connectivity index (χ1) is 8.16. The molecule has 17 heavy (non-hydrogen) atoms. The minimum Gasteiger partial charge on any atom is -0.478 e. The number of carbonyl (C=O) groups is 1. The molecule has 0 fully saturated rings. The molecule has 0 saturated heterocycles. The van der Waals surface area contributed by atoms with Crippen LogP contribution >= 0.6 is 0 Å². The van der Waals surface area contributed by atoms with Crippen LogP contribution < -0.4 is 5.32 Å². The molecule has 1 aromatic heterocycles. The summed E-state index contributed by atoms with van der Waals surface area (Å²) < 4.78 is 13.3. The van der Waals surface area contributed by atoms with Gasteiger partial charge in [0.1, 0.15) is 5.82 Å². The Kier molecular flexibility index (Phi) is 3.00. The van der Waals surface area contributed by atoms with Crippen LogP contribution in [0.15, 0.2) is 42.7 Å². The van der Waals surface area contributed by atoms with Crippen molar-refractivity contribution in [2.45, 2.75) is 0 Å². The highest BCUT2D eigenvalue weighted by atomic mass is 19.1. The second kappa shape index (κ2) is 4.61. The van der Waals surface area contributed by atoms with Crippen LogP contribution in [0.25, 0.3) is 0 Å². The Morgan fingerprint density at radius 3 is 2.76 bits per heavy atom. The average molecular weight is 232 g/mol. The molecule has 0 aliphatic carbocycles. The second-order valence-corrected chi connectivity index (χ2v) is 3.37. The molecule has 0 radical (unpaired) electrons. The van der Waals surface area contributed by atoms with E-state index in [-0.39, 0.29) is 11.3 Å². The van der Waals surface area contributed by atoms with Crippen molar-refractivity contribution in [1.82, 2.24) is 4.98 Å². The third-order valence-corrected chi connectivity index (χ3v) is 2.14. The number of para-hydroxylation sites is 1. The quantitative estimate of drug-likeness (QED) is 0.853. The first-order valence-corrected chi connectivity index (χ1v) is 4.87. The summed E-state index contributed by atoms with van der Waals surface area (Å²) in [4.78, 5) is 14.5. The Labute approximate surface area is 96.7 Å². The number of nitrogens with one attached hydrogen (secondary N) is 1. The Morgan fingerprint density at radius 2 is 2.06 bits per heavy atom. The zero-order valence-corrected chi connectivity index (χ0v) is 8.72. The molecule has 0 amide bonds. The van der Waals surface area contributed by atoms with E-state index in [9.17, 15) is 9.18 Å². The van der Waals surface area contributed by atoms with Crippen LogP contribution in [0.1, 0.15) is 10.4 Å². The molecule has 5 heteroatoms. The molecule has 0 saturated carbocycles. The highest BCUT2D eigenvalue weighted by molar-refractivity contribution is 5.88. The van der Waals surface area contributed by atoms with Gasteiger partial charge in [-0.2, -0.15) is 0 Å². The van der Waals surface area contributed by atoms with Gasteiger partial charge in [0.2, 0.25) is 0 Å². The molecule has 0 unspecified atom stereocenters. The fourth-order valence-corrected chi connectivity index (χ4v) is 1.34. The van der Waals surface area contributed by atoms with Gasteiger partial charge in [-0.15, -0.1) is 0 Å². The lowest BCUT2D eigenvalue weighted by atomic mass is 10.2. The molecule has 0 aliphatic rings. The number of hydrogen-bond donors (Lipinski definition) is 2. The zero-order valence-electron chi connectivity index (χ0n) is 8.72. The SMILES string of the molecule is O=C(O)c1cncc(Nc2ccccc2F)c1. The molecular formula is C12H9FN2O2. The average Bonchev–Trinajstić information content (AvgIpc) is 2.32. The highest BCUT2D eigenvalue weighted by Crippen LogP contribution is 2.19. The monoisotopic (exact) mass is 232 g/mol. The predicted molar refractivity (Wildman–Crippen MR) is 60.9 cm³/mol. The fraction of sp³-hybridized carbons (Fsp3) is 0. The van der Waals surface area contributed by atoms with E-state index >= 15 is 0 Å². The van der Waals surface area contributed by atoms with Crippen LogP contribution in [-0.2, 0) is 0 Å². The predicted octanol–water partition coefficient (Wildman–Crippen LogP) is 2.66. The second-order valence-electron chi connectivity index (χ2n) is 3.37. The first kappa shape index (κ1) is 11.1. The molecule has 0 atom stereocenters. The van der Waals surface area contributed by atoms with E-state index in [2.05, 4.69) is 10.3 Å². The largest absolute Gasteiger partial charge is 0.478 e. The molecule has 86 valence electrons. The van der Waals surface area contributed by atoms with Gasteiger partial charge in [0.05, 0.1) is 23.1 Å². The van der Waals surface area contributed by atoms with E-state index in [4.69, 9.17) is 5.11 Å². The smallest absolute Gasteiger partial charge is 0.337 e. The summed E-state index contributed by atoms with van der Waals surface area (Å²) in [6, 6.07) is 7.52. The van der Waals surface area contributed by atoms with Gasteiger partial charge in [-0.3, -0.25) is 4.98 Å². The summed E-state index contributed by atoms with van der Waals surface area (Å²) in [5.41, 5.74) is 0.748. The van der Waals surface area contributed by atoms with Gasteiger partial charge in [0.15, 0.2) is 0 Å². The maximum absolute atomic E-state index is 13.3. The number of rotatable bonds is 3. The number of hydrogen-bond acceptors (Lipinski definition) is 3. The van der Waals surface area contributed by atoms with E-state index in [0.29, 0.717) is 5.69 Å². The third-order valence-electron chi connectivity index (χ3n) is 2.14. The van der Waals surface area contributed by atoms with Crippen molar-refractivity contribution >= 4 is 17.3 Å². The Hall–Kier alpha value is -2.43. The van der Waals surface area contributed by atoms with Crippen molar-refractivity contribution in [3.05, 3.63) is 54.1 Å². The number of halogens is 1.